The lowest BCUT2D eigenvalue weighted by Gasteiger charge is -2.30. The van der Waals surface area contributed by atoms with Crippen LogP contribution in [0.2, 0.25) is 0 Å². The number of ether oxygens (including phenoxy) is 2. The van der Waals surface area contributed by atoms with E-state index in [1.807, 2.05) is 24.3 Å². The molecule has 0 spiro atoms. The maximum atomic E-state index is 11.7. The quantitative estimate of drug-likeness (QED) is 0.414. The van der Waals surface area contributed by atoms with E-state index >= 15 is 0 Å². The van der Waals surface area contributed by atoms with Crippen LogP contribution in [0.4, 0.5) is 11.6 Å². The number of aromatic hydroxyl groups is 1. The van der Waals surface area contributed by atoms with Crippen molar-refractivity contribution in [3.05, 3.63) is 30.5 Å². The Bertz CT molecular complexity index is 1070. The van der Waals surface area contributed by atoms with Crippen molar-refractivity contribution in [1.29, 1.82) is 5.26 Å². The van der Waals surface area contributed by atoms with E-state index in [2.05, 4.69) is 32.0 Å². The van der Waals surface area contributed by atoms with Crippen LogP contribution >= 0.6 is 0 Å². The van der Waals surface area contributed by atoms with Gasteiger partial charge in [-0.05, 0) is 56.7 Å². The normalized spacial score (nSPS) is 21.2. The summed E-state index contributed by atoms with van der Waals surface area (Å²) in [5.74, 6) is 1.28. The number of nitrogens with one attached hydrogen (secondary N) is 3. The minimum atomic E-state index is -0.461. The number of amides is 1. The third-order valence-corrected chi connectivity index (χ3v) is 6.92. The highest BCUT2D eigenvalue weighted by molar-refractivity contribution is 5.77. The van der Waals surface area contributed by atoms with Gasteiger partial charge in [-0.1, -0.05) is 6.07 Å². The molecule has 0 unspecified atom stereocenters. The van der Waals surface area contributed by atoms with Gasteiger partial charge in [-0.2, -0.15) is 5.26 Å². The number of anilines is 2. The van der Waals surface area contributed by atoms with E-state index < -0.39 is 5.41 Å². The second-order valence-electron chi connectivity index (χ2n) is 9.55. The van der Waals surface area contributed by atoms with Crippen LogP contribution in [0.1, 0.15) is 38.5 Å². The zero-order valence-corrected chi connectivity index (χ0v) is 20.6. The van der Waals surface area contributed by atoms with E-state index in [1.54, 1.807) is 0 Å². The zero-order chi connectivity index (χ0) is 25.4. The van der Waals surface area contributed by atoms with Gasteiger partial charge in [-0.25, -0.2) is 9.97 Å². The van der Waals surface area contributed by atoms with Crippen molar-refractivity contribution in [3.63, 3.8) is 0 Å². The summed E-state index contributed by atoms with van der Waals surface area (Å²) in [6.45, 7) is 1.76. The summed E-state index contributed by atoms with van der Waals surface area (Å²) in [7, 11) is 1.51. The molecule has 2 aromatic rings. The second-order valence-corrected chi connectivity index (χ2v) is 9.55. The number of carbonyl (C=O) groups is 1. The van der Waals surface area contributed by atoms with Gasteiger partial charge in [0.15, 0.2) is 0 Å². The van der Waals surface area contributed by atoms with Gasteiger partial charge in [0.05, 0.1) is 23.4 Å². The van der Waals surface area contributed by atoms with Crippen molar-refractivity contribution in [2.24, 2.45) is 5.41 Å². The first-order chi connectivity index (χ1) is 17.5. The highest BCUT2D eigenvalue weighted by Crippen LogP contribution is 2.32. The summed E-state index contributed by atoms with van der Waals surface area (Å²) in [6.07, 6.45) is 6.38. The molecule has 1 saturated heterocycles. The highest BCUT2D eigenvalue weighted by Gasteiger charge is 2.32. The van der Waals surface area contributed by atoms with Gasteiger partial charge >= 0.3 is 0 Å². The van der Waals surface area contributed by atoms with Gasteiger partial charge in [0.2, 0.25) is 5.91 Å². The topological polar surface area (TPSA) is 141 Å². The number of nitriles is 1. The Labute approximate surface area is 211 Å². The van der Waals surface area contributed by atoms with Gasteiger partial charge in [0.1, 0.15) is 24.0 Å². The van der Waals surface area contributed by atoms with Crippen LogP contribution in [0.3, 0.4) is 0 Å². The highest BCUT2D eigenvalue weighted by atomic mass is 16.5. The fourth-order valence-electron chi connectivity index (χ4n) is 4.76. The summed E-state index contributed by atoms with van der Waals surface area (Å²) in [5.41, 5.74) is 0.737. The monoisotopic (exact) mass is 494 g/mol. The molecule has 2 aromatic heterocycles. The molecule has 192 valence electrons. The summed E-state index contributed by atoms with van der Waals surface area (Å²) in [5, 5.41) is 30.0. The second kappa shape index (κ2) is 12.0. The maximum Gasteiger partial charge on any atom is 0.246 e. The third-order valence-electron chi connectivity index (χ3n) is 6.92. The molecule has 1 amide bonds. The number of methoxy groups -OCH3 is 1. The third kappa shape index (κ3) is 6.62. The molecule has 0 radical (unpaired) electrons. The zero-order valence-electron chi connectivity index (χ0n) is 20.6. The minimum absolute atomic E-state index is 0.0488. The van der Waals surface area contributed by atoms with Crippen molar-refractivity contribution in [3.8, 4) is 23.1 Å². The molecule has 0 aromatic carbocycles. The molecule has 3 heterocycles. The summed E-state index contributed by atoms with van der Waals surface area (Å²) >= 11 is 0. The van der Waals surface area contributed by atoms with Crippen LogP contribution < -0.4 is 16.0 Å². The molecule has 0 atom stereocenters. The maximum absolute atomic E-state index is 11.7. The Hall–Kier alpha value is -3.42. The van der Waals surface area contributed by atoms with Gasteiger partial charge in [-0.15, -0.1) is 0 Å². The lowest BCUT2D eigenvalue weighted by atomic mass is 9.82. The van der Waals surface area contributed by atoms with Crippen molar-refractivity contribution < 1.29 is 19.4 Å². The van der Waals surface area contributed by atoms with Crippen LogP contribution in [0.15, 0.2) is 30.5 Å². The lowest BCUT2D eigenvalue weighted by molar-refractivity contribution is -0.125. The molecule has 4 N–H and O–H groups in total. The van der Waals surface area contributed by atoms with Gasteiger partial charge in [-0.3, -0.25) is 4.79 Å². The van der Waals surface area contributed by atoms with Crippen molar-refractivity contribution >= 4 is 17.5 Å². The number of aromatic nitrogens is 2. The molecule has 10 nitrogen and oxygen atoms in total. The molecular weight excluding hydrogens is 460 g/mol. The number of nitrogens with zero attached hydrogens (tertiary/aromatic N) is 3. The largest absolute Gasteiger partial charge is 0.506 e. The Morgan fingerprint density at radius 1 is 1.22 bits per heavy atom. The number of pyridine rings is 2. The number of hydrogen-bond donors (Lipinski definition) is 4. The summed E-state index contributed by atoms with van der Waals surface area (Å²) in [4.78, 5) is 20.8. The van der Waals surface area contributed by atoms with E-state index in [0.717, 1.165) is 25.7 Å². The smallest absolute Gasteiger partial charge is 0.246 e. The first-order valence-corrected chi connectivity index (χ1v) is 12.4. The number of hydrogen-bond acceptors (Lipinski definition) is 9. The van der Waals surface area contributed by atoms with Crippen molar-refractivity contribution in [2.45, 2.75) is 50.6 Å². The summed E-state index contributed by atoms with van der Waals surface area (Å²) < 4.78 is 10.3. The van der Waals surface area contributed by atoms with Crippen LogP contribution in [-0.4, -0.2) is 66.5 Å². The molecule has 1 aliphatic heterocycles. The van der Waals surface area contributed by atoms with E-state index in [1.165, 1.54) is 13.3 Å². The van der Waals surface area contributed by atoms with Crippen LogP contribution in [0.25, 0.3) is 11.3 Å². The van der Waals surface area contributed by atoms with Gasteiger partial charge < -0.3 is 30.5 Å². The molecular formula is C26H34N6O4. The molecule has 4 rings (SSSR count). The molecule has 1 saturated carbocycles. The molecule has 1 aliphatic carbocycles. The average Bonchev–Trinajstić information content (AvgIpc) is 2.90. The number of carbonyl (C=O) groups excluding carboxylic acids is 1. The van der Waals surface area contributed by atoms with Crippen molar-refractivity contribution in [1.82, 2.24) is 15.3 Å². The van der Waals surface area contributed by atoms with Crippen LogP contribution in [0.5, 0.6) is 5.75 Å². The van der Waals surface area contributed by atoms with Crippen LogP contribution in [0, 0.1) is 16.7 Å². The predicted molar refractivity (Wildman–Crippen MR) is 135 cm³/mol. The van der Waals surface area contributed by atoms with E-state index in [-0.39, 0.29) is 30.3 Å². The molecule has 2 aliphatic rings. The Kier molecular flexibility index (Phi) is 8.57. The average molecular weight is 495 g/mol. The Balaban J connectivity index is 1.38. The van der Waals surface area contributed by atoms with Crippen LogP contribution in [-0.2, 0) is 14.3 Å². The SMILES string of the molecule is COCC(=O)N[C@H]1CC[C@H](Nc2cc(-c3cccc(NCC4(C#N)CCOCC4)n3)c(O)cn2)CC1. The van der Waals surface area contributed by atoms with E-state index in [9.17, 15) is 15.2 Å². The fourth-order valence-corrected chi connectivity index (χ4v) is 4.76. The minimum Gasteiger partial charge on any atom is -0.506 e. The Morgan fingerprint density at radius 3 is 2.69 bits per heavy atom. The fraction of sp³-hybridized carbons (Fsp3) is 0.538. The van der Waals surface area contributed by atoms with Gasteiger partial charge in [0, 0.05) is 44.5 Å². The van der Waals surface area contributed by atoms with E-state index in [0.29, 0.717) is 55.5 Å². The molecule has 10 heteroatoms. The molecule has 2 fully saturated rings. The predicted octanol–water partition coefficient (Wildman–Crippen LogP) is 3.07. The van der Waals surface area contributed by atoms with E-state index in [4.69, 9.17) is 9.47 Å². The summed E-state index contributed by atoms with van der Waals surface area (Å²) in [6, 6.07) is 10.2. The first kappa shape index (κ1) is 25.7. The molecule has 36 heavy (non-hydrogen) atoms. The lowest BCUT2D eigenvalue weighted by Crippen LogP contribution is -2.41. The van der Waals surface area contributed by atoms with Gasteiger partial charge in [0.25, 0.3) is 0 Å². The molecule has 0 bridgehead atoms. The van der Waals surface area contributed by atoms with Crippen molar-refractivity contribution in [2.75, 3.05) is 44.1 Å². The Morgan fingerprint density at radius 2 is 1.97 bits per heavy atom. The standard InChI is InChI=1S/C26H34N6O4/c1-35-15-25(34)31-19-7-5-18(6-8-19)30-24-13-20(22(33)14-28-24)21-3-2-4-23(32-21)29-17-26(16-27)9-11-36-12-10-26/h2-4,13-14,18-19,33H,5-12,15,17H2,1H3,(H,28,30)(H,29,32)(H,31,34)/t18-,19-. The first-order valence-electron chi connectivity index (χ1n) is 12.4. The number of rotatable bonds is 9.